The van der Waals surface area contributed by atoms with Crippen LogP contribution in [0.25, 0.3) is 11.1 Å². The quantitative estimate of drug-likeness (QED) is 0.305. The van der Waals surface area contributed by atoms with Gasteiger partial charge in [-0.15, -0.1) is 11.3 Å². The molecule has 2 aromatic carbocycles. The molecule has 1 amide bonds. The predicted octanol–water partition coefficient (Wildman–Crippen LogP) is 8.16. The molecule has 1 aliphatic carbocycles. The third-order valence-electron chi connectivity index (χ3n) is 6.71. The standard InChI is InChI=1S/C31H37NO4S/c1-6-19-35-30(34)27-26(21-11-15-23(16-12-21)31(3,4)5)20(2)37-29(27)32-28(33)22-13-17-25(18-14-22)36-24-9-7-8-10-24/h11-18,24H,6-10,19H2,1-5H3,(H,32,33). The molecule has 1 fully saturated rings. The molecule has 0 unspecified atom stereocenters. The van der Waals surface area contributed by atoms with E-state index in [9.17, 15) is 9.59 Å². The van der Waals surface area contributed by atoms with E-state index in [0.29, 0.717) is 22.7 Å². The molecule has 0 radical (unpaired) electrons. The predicted molar refractivity (Wildman–Crippen MR) is 151 cm³/mol. The Morgan fingerprint density at radius 1 is 1.00 bits per heavy atom. The molecule has 0 saturated heterocycles. The fraction of sp³-hybridized carbons (Fsp3) is 0.419. The summed E-state index contributed by atoms with van der Waals surface area (Å²) in [7, 11) is 0. The lowest BCUT2D eigenvalue weighted by Gasteiger charge is -2.19. The van der Waals surface area contributed by atoms with Crippen LogP contribution in [-0.2, 0) is 10.2 Å². The second kappa shape index (κ2) is 11.5. The van der Waals surface area contributed by atoms with Crippen LogP contribution in [0.3, 0.4) is 0 Å². The number of anilines is 1. The number of esters is 1. The van der Waals surface area contributed by atoms with Gasteiger partial charge in [-0.05, 0) is 79.8 Å². The van der Waals surface area contributed by atoms with Crippen LogP contribution in [0.15, 0.2) is 48.5 Å². The Labute approximate surface area is 224 Å². The lowest BCUT2D eigenvalue weighted by Crippen LogP contribution is -2.15. The zero-order valence-corrected chi connectivity index (χ0v) is 23.3. The summed E-state index contributed by atoms with van der Waals surface area (Å²) in [6.07, 6.45) is 5.56. The van der Waals surface area contributed by atoms with Crippen molar-refractivity contribution in [3.63, 3.8) is 0 Å². The first kappa shape index (κ1) is 26.9. The van der Waals surface area contributed by atoms with Gasteiger partial charge in [-0.3, -0.25) is 4.79 Å². The second-order valence-corrected chi connectivity index (χ2v) is 11.9. The first-order valence-corrected chi connectivity index (χ1v) is 14.0. The van der Waals surface area contributed by atoms with E-state index in [1.54, 1.807) is 12.1 Å². The van der Waals surface area contributed by atoms with Gasteiger partial charge in [-0.25, -0.2) is 4.79 Å². The Bertz CT molecular complexity index is 1230. The van der Waals surface area contributed by atoms with Crippen molar-refractivity contribution in [2.24, 2.45) is 0 Å². The summed E-state index contributed by atoms with van der Waals surface area (Å²) < 4.78 is 11.6. The van der Waals surface area contributed by atoms with E-state index >= 15 is 0 Å². The summed E-state index contributed by atoms with van der Waals surface area (Å²) in [4.78, 5) is 27.3. The van der Waals surface area contributed by atoms with E-state index in [0.717, 1.165) is 41.0 Å². The van der Waals surface area contributed by atoms with Gasteiger partial charge in [0.2, 0.25) is 0 Å². The minimum absolute atomic E-state index is 0.0297. The Balaban J connectivity index is 1.60. The maximum Gasteiger partial charge on any atom is 0.341 e. The summed E-state index contributed by atoms with van der Waals surface area (Å²) in [5, 5.41) is 3.49. The highest BCUT2D eigenvalue weighted by atomic mass is 32.1. The van der Waals surface area contributed by atoms with Crippen molar-refractivity contribution in [2.45, 2.75) is 78.2 Å². The van der Waals surface area contributed by atoms with Crippen molar-refractivity contribution in [3.05, 3.63) is 70.1 Å². The summed E-state index contributed by atoms with van der Waals surface area (Å²) in [6.45, 7) is 10.8. The van der Waals surface area contributed by atoms with Gasteiger partial charge in [0.05, 0.1) is 12.7 Å². The highest BCUT2D eigenvalue weighted by Gasteiger charge is 2.26. The minimum Gasteiger partial charge on any atom is -0.490 e. The van der Waals surface area contributed by atoms with Crippen molar-refractivity contribution in [2.75, 3.05) is 11.9 Å². The normalized spacial score (nSPS) is 14.0. The molecule has 6 heteroatoms. The van der Waals surface area contributed by atoms with Crippen LogP contribution in [-0.4, -0.2) is 24.6 Å². The fourth-order valence-corrected chi connectivity index (χ4v) is 5.70. The lowest BCUT2D eigenvalue weighted by atomic mass is 9.86. The third-order valence-corrected chi connectivity index (χ3v) is 7.73. The molecule has 37 heavy (non-hydrogen) atoms. The number of ether oxygens (including phenoxy) is 2. The number of aryl methyl sites for hydroxylation is 1. The molecule has 1 N–H and O–H groups in total. The van der Waals surface area contributed by atoms with E-state index in [-0.39, 0.29) is 17.4 Å². The highest BCUT2D eigenvalue weighted by molar-refractivity contribution is 7.17. The largest absolute Gasteiger partial charge is 0.490 e. The molecule has 1 aliphatic rings. The van der Waals surface area contributed by atoms with Crippen LogP contribution in [0, 0.1) is 6.92 Å². The number of thiophene rings is 1. The number of benzene rings is 2. The van der Waals surface area contributed by atoms with Gasteiger partial charge in [0.1, 0.15) is 16.3 Å². The second-order valence-electron chi connectivity index (χ2n) is 10.7. The summed E-state index contributed by atoms with van der Waals surface area (Å²) >= 11 is 1.40. The maximum absolute atomic E-state index is 13.2. The number of amides is 1. The van der Waals surface area contributed by atoms with Crippen LogP contribution in [0.1, 0.15) is 91.0 Å². The first-order chi connectivity index (χ1) is 17.7. The molecule has 196 valence electrons. The molecule has 0 atom stereocenters. The van der Waals surface area contributed by atoms with E-state index in [1.807, 2.05) is 38.1 Å². The van der Waals surface area contributed by atoms with E-state index in [4.69, 9.17) is 9.47 Å². The smallest absolute Gasteiger partial charge is 0.341 e. The Hall–Kier alpha value is -3.12. The molecule has 4 rings (SSSR count). The molecule has 0 aliphatic heterocycles. The van der Waals surface area contributed by atoms with Crippen molar-refractivity contribution in [1.82, 2.24) is 0 Å². The van der Waals surface area contributed by atoms with E-state index < -0.39 is 5.97 Å². The summed E-state index contributed by atoms with van der Waals surface area (Å²) in [5.41, 5.74) is 3.90. The number of hydrogen-bond donors (Lipinski definition) is 1. The zero-order valence-electron chi connectivity index (χ0n) is 22.5. The van der Waals surface area contributed by atoms with Gasteiger partial charge < -0.3 is 14.8 Å². The van der Waals surface area contributed by atoms with E-state index in [1.165, 1.54) is 29.7 Å². The summed E-state index contributed by atoms with van der Waals surface area (Å²) in [5.74, 6) is 0.0878. The lowest BCUT2D eigenvalue weighted by molar-refractivity contribution is 0.0507. The van der Waals surface area contributed by atoms with Gasteiger partial charge in [0.25, 0.3) is 5.91 Å². The van der Waals surface area contributed by atoms with Crippen LogP contribution >= 0.6 is 11.3 Å². The zero-order chi connectivity index (χ0) is 26.6. The first-order valence-electron chi connectivity index (χ1n) is 13.2. The minimum atomic E-state index is -0.420. The molecule has 1 saturated carbocycles. The van der Waals surface area contributed by atoms with Gasteiger partial charge in [-0.1, -0.05) is 52.0 Å². The third kappa shape index (κ3) is 6.42. The van der Waals surface area contributed by atoms with Gasteiger partial charge in [0.15, 0.2) is 0 Å². The molecule has 5 nitrogen and oxygen atoms in total. The van der Waals surface area contributed by atoms with Crippen LogP contribution < -0.4 is 10.1 Å². The van der Waals surface area contributed by atoms with Crippen LogP contribution in [0.5, 0.6) is 5.75 Å². The number of carbonyl (C=O) groups is 2. The Kier molecular flexibility index (Phi) is 8.38. The molecule has 1 heterocycles. The van der Waals surface area contributed by atoms with Crippen LogP contribution in [0.2, 0.25) is 0 Å². The fourth-order valence-electron chi connectivity index (χ4n) is 4.64. The van der Waals surface area contributed by atoms with Crippen molar-refractivity contribution in [3.8, 4) is 16.9 Å². The monoisotopic (exact) mass is 519 g/mol. The van der Waals surface area contributed by atoms with E-state index in [2.05, 4.69) is 38.2 Å². The number of hydrogen-bond acceptors (Lipinski definition) is 5. The van der Waals surface area contributed by atoms with Gasteiger partial charge in [0, 0.05) is 16.0 Å². The van der Waals surface area contributed by atoms with Crippen molar-refractivity contribution in [1.29, 1.82) is 0 Å². The average molecular weight is 520 g/mol. The number of rotatable bonds is 8. The summed E-state index contributed by atoms with van der Waals surface area (Å²) in [6, 6.07) is 15.5. The molecular weight excluding hydrogens is 482 g/mol. The molecule has 0 bridgehead atoms. The average Bonchev–Trinajstić information content (AvgIpc) is 3.49. The van der Waals surface area contributed by atoms with Gasteiger partial charge in [-0.2, -0.15) is 0 Å². The molecule has 1 aromatic heterocycles. The van der Waals surface area contributed by atoms with Crippen molar-refractivity contribution >= 4 is 28.2 Å². The number of nitrogens with one attached hydrogen (secondary N) is 1. The Morgan fingerprint density at radius 3 is 2.24 bits per heavy atom. The number of carbonyl (C=O) groups excluding carboxylic acids is 2. The maximum atomic E-state index is 13.2. The Morgan fingerprint density at radius 2 is 1.65 bits per heavy atom. The topological polar surface area (TPSA) is 64.6 Å². The van der Waals surface area contributed by atoms with Crippen molar-refractivity contribution < 1.29 is 19.1 Å². The molecular formula is C31H37NO4S. The van der Waals surface area contributed by atoms with Crippen LogP contribution in [0.4, 0.5) is 5.00 Å². The SMILES string of the molecule is CCCOC(=O)c1c(NC(=O)c2ccc(OC3CCCC3)cc2)sc(C)c1-c1ccc(C(C)(C)C)cc1. The van der Waals surface area contributed by atoms with Gasteiger partial charge >= 0.3 is 5.97 Å². The highest BCUT2D eigenvalue weighted by Crippen LogP contribution is 2.41. The molecule has 0 spiro atoms. The molecule has 3 aromatic rings.